The Kier molecular flexibility index (Phi) is 5.17. The van der Waals surface area contributed by atoms with Gasteiger partial charge in [0.15, 0.2) is 13.0 Å². The third-order valence-electron chi connectivity index (χ3n) is 5.27. The maximum absolute atomic E-state index is 13.0. The number of cyclic esters (lactones) is 1. The Morgan fingerprint density at radius 2 is 2.00 bits per heavy atom. The highest BCUT2D eigenvalue weighted by Crippen LogP contribution is 2.47. The van der Waals surface area contributed by atoms with Crippen LogP contribution in [-0.4, -0.2) is 50.2 Å². The molecule has 2 fully saturated rings. The SMILES string of the molecule is COCOc1cccc(OC)c1C[C@@]12CCCN1[C@@H](C(C)(C)C)OC2=O. The van der Waals surface area contributed by atoms with E-state index in [-0.39, 0.29) is 24.4 Å². The van der Waals surface area contributed by atoms with Gasteiger partial charge in [-0.2, -0.15) is 0 Å². The van der Waals surface area contributed by atoms with Crippen molar-refractivity contribution in [2.45, 2.75) is 51.8 Å². The molecule has 0 spiro atoms. The molecule has 2 aliphatic rings. The van der Waals surface area contributed by atoms with Gasteiger partial charge in [-0.05, 0) is 25.0 Å². The Hall–Kier alpha value is -1.79. The summed E-state index contributed by atoms with van der Waals surface area (Å²) in [7, 11) is 3.22. The minimum Gasteiger partial charge on any atom is -0.496 e. The molecule has 0 bridgehead atoms. The summed E-state index contributed by atoms with van der Waals surface area (Å²) in [6.45, 7) is 7.32. The van der Waals surface area contributed by atoms with Crippen molar-refractivity contribution in [1.29, 1.82) is 0 Å². The number of rotatable bonds is 6. The lowest BCUT2D eigenvalue weighted by molar-refractivity contribution is -0.149. The van der Waals surface area contributed by atoms with Gasteiger partial charge in [0, 0.05) is 31.1 Å². The molecule has 0 aliphatic carbocycles. The van der Waals surface area contributed by atoms with Gasteiger partial charge in [0.2, 0.25) is 0 Å². The number of carbonyl (C=O) groups is 1. The molecule has 1 aromatic carbocycles. The molecular formula is C20H29NO5. The summed E-state index contributed by atoms with van der Waals surface area (Å²) in [6, 6.07) is 5.66. The van der Waals surface area contributed by atoms with Gasteiger partial charge in [-0.3, -0.25) is 4.90 Å². The van der Waals surface area contributed by atoms with Crippen molar-refractivity contribution in [3.8, 4) is 11.5 Å². The molecule has 2 heterocycles. The highest BCUT2D eigenvalue weighted by molar-refractivity contribution is 5.84. The minimum atomic E-state index is -0.655. The Bertz CT molecular complexity index is 669. The number of hydrogen-bond acceptors (Lipinski definition) is 6. The number of fused-ring (bicyclic) bond motifs is 1. The maximum Gasteiger partial charge on any atom is 0.328 e. The minimum absolute atomic E-state index is 0.140. The summed E-state index contributed by atoms with van der Waals surface area (Å²) in [5.74, 6) is 1.25. The van der Waals surface area contributed by atoms with Crippen LogP contribution in [0.15, 0.2) is 18.2 Å². The third-order valence-corrected chi connectivity index (χ3v) is 5.27. The molecule has 26 heavy (non-hydrogen) atoms. The highest BCUT2D eigenvalue weighted by atomic mass is 16.7. The van der Waals surface area contributed by atoms with Crippen molar-refractivity contribution in [3.05, 3.63) is 23.8 Å². The number of esters is 1. The molecule has 0 N–H and O–H groups in total. The first-order valence-electron chi connectivity index (χ1n) is 9.09. The Labute approximate surface area is 155 Å². The first-order valence-corrected chi connectivity index (χ1v) is 9.09. The molecule has 1 aromatic rings. The van der Waals surface area contributed by atoms with Crippen LogP contribution in [0.25, 0.3) is 0 Å². The Morgan fingerprint density at radius 1 is 1.27 bits per heavy atom. The number of benzene rings is 1. The maximum atomic E-state index is 13.0. The van der Waals surface area contributed by atoms with E-state index in [2.05, 4.69) is 25.7 Å². The molecule has 2 atom stereocenters. The lowest BCUT2D eigenvalue weighted by atomic mass is 9.86. The second-order valence-corrected chi connectivity index (χ2v) is 8.12. The van der Waals surface area contributed by atoms with Crippen LogP contribution in [0.3, 0.4) is 0 Å². The fourth-order valence-corrected chi connectivity index (χ4v) is 4.10. The van der Waals surface area contributed by atoms with Crippen LogP contribution in [-0.2, 0) is 20.7 Å². The van der Waals surface area contributed by atoms with E-state index in [1.54, 1.807) is 14.2 Å². The van der Waals surface area contributed by atoms with Gasteiger partial charge in [-0.25, -0.2) is 4.79 Å². The molecular weight excluding hydrogens is 334 g/mol. The van der Waals surface area contributed by atoms with E-state index < -0.39 is 5.54 Å². The van der Waals surface area contributed by atoms with Crippen LogP contribution in [0, 0.1) is 5.41 Å². The van der Waals surface area contributed by atoms with Crippen molar-refractivity contribution in [2.75, 3.05) is 27.6 Å². The monoisotopic (exact) mass is 363 g/mol. The molecule has 0 saturated carbocycles. The summed E-state index contributed by atoms with van der Waals surface area (Å²) in [6.07, 6.45) is 2.04. The third kappa shape index (κ3) is 3.16. The van der Waals surface area contributed by atoms with E-state index in [9.17, 15) is 4.79 Å². The number of methoxy groups -OCH3 is 2. The topological polar surface area (TPSA) is 57.2 Å². The molecule has 3 rings (SSSR count). The van der Waals surface area contributed by atoms with Crippen LogP contribution in [0.5, 0.6) is 11.5 Å². The van der Waals surface area contributed by atoms with Crippen molar-refractivity contribution < 1.29 is 23.7 Å². The molecule has 0 radical (unpaired) electrons. The van der Waals surface area contributed by atoms with Crippen molar-refractivity contribution in [2.24, 2.45) is 5.41 Å². The van der Waals surface area contributed by atoms with E-state index in [1.165, 1.54) is 0 Å². The standard InChI is InChI=1S/C20H29NO5/c1-19(2,3)17-21-11-7-10-20(21,18(22)26-17)12-14-15(24-5)8-6-9-16(14)25-13-23-4/h6,8-9,17H,7,10-13H2,1-5H3/t17-,20-/m1/s1. The quantitative estimate of drug-likeness (QED) is 0.572. The number of carbonyl (C=O) groups excluding carboxylic acids is 1. The fourth-order valence-electron chi connectivity index (χ4n) is 4.10. The lowest BCUT2D eigenvalue weighted by Crippen LogP contribution is -2.50. The summed E-state index contributed by atoms with van der Waals surface area (Å²) >= 11 is 0. The first kappa shape index (κ1) is 19.0. The number of nitrogens with zero attached hydrogens (tertiary/aromatic N) is 1. The molecule has 144 valence electrons. The highest BCUT2D eigenvalue weighted by Gasteiger charge is 2.60. The van der Waals surface area contributed by atoms with E-state index in [0.717, 1.165) is 24.9 Å². The van der Waals surface area contributed by atoms with Gasteiger partial charge in [0.05, 0.1) is 7.11 Å². The van der Waals surface area contributed by atoms with Crippen LogP contribution < -0.4 is 9.47 Å². The smallest absolute Gasteiger partial charge is 0.328 e. The zero-order valence-electron chi connectivity index (χ0n) is 16.3. The van der Waals surface area contributed by atoms with Gasteiger partial charge in [0.1, 0.15) is 17.0 Å². The molecule has 0 amide bonds. The van der Waals surface area contributed by atoms with E-state index in [1.807, 2.05) is 18.2 Å². The predicted octanol–water partition coefficient (Wildman–Crippen LogP) is 2.98. The molecule has 6 nitrogen and oxygen atoms in total. The summed E-state index contributed by atoms with van der Waals surface area (Å²) < 4.78 is 22.2. The second kappa shape index (κ2) is 7.08. The molecule has 0 aromatic heterocycles. The largest absolute Gasteiger partial charge is 0.496 e. The molecule has 6 heteroatoms. The molecule has 2 saturated heterocycles. The first-order chi connectivity index (χ1) is 12.3. The number of ether oxygens (including phenoxy) is 4. The fraction of sp³-hybridized carbons (Fsp3) is 0.650. The van der Waals surface area contributed by atoms with Gasteiger partial charge in [-0.15, -0.1) is 0 Å². The van der Waals surface area contributed by atoms with Crippen molar-refractivity contribution in [1.82, 2.24) is 4.90 Å². The van der Waals surface area contributed by atoms with Gasteiger partial charge in [0.25, 0.3) is 0 Å². The van der Waals surface area contributed by atoms with Crippen LogP contribution in [0.2, 0.25) is 0 Å². The number of hydrogen-bond donors (Lipinski definition) is 0. The van der Waals surface area contributed by atoms with E-state index in [4.69, 9.17) is 18.9 Å². The summed E-state index contributed by atoms with van der Waals surface area (Å²) in [5.41, 5.74) is 0.0841. The second-order valence-electron chi connectivity index (χ2n) is 8.12. The summed E-state index contributed by atoms with van der Waals surface area (Å²) in [4.78, 5) is 15.2. The van der Waals surface area contributed by atoms with Crippen molar-refractivity contribution in [3.63, 3.8) is 0 Å². The van der Waals surface area contributed by atoms with Crippen molar-refractivity contribution >= 4 is 5.97 Å². The zero-order valence-corrected chi connectivity index (χ0v) is 16.3. The van der Waals surface area contributed by atoms with Crippen LogP contribution >= 0.6 is 0 Å². The molecule has 0 unspecified atom stereocenters. The average molecular weight is 363 g/mol. The normalized spacial score (nSPS) is 25.9. The van der Waals surface area contributed by atoms with Gasteiger partial charge >= 0.3 is 5.97 Å². The average Bonchev–Trinajstić information content (AvgIpc) is 3.12. The van der Waals surface area contributed by atoms with E-state index >= 15 is 0 Å². The Morgan fingerprint density at radius 3 is 2.65 bits per heavy atom. The summed E-state index contributed by atoms with van der Waals surface area (Å²) in [5, 5.41) is 0. The lowest BCUT2D eigenvalue weighted by Gasteiger charge is -2.35. The van der Waals surface area contributed by atoms with Gasteiger partial charge in [-0.1, -0.05) is 26.8 Å². The van der Waals surface area contributed by atoms with Gasteiger partial charge < -0.3 is 18.9 Å². The van der Waals surface area contributed by atoms with Crippen LogP contribution in [0.1, 0.15) is 39.2 Å². The Balaban J connectivity index is 1.98. The predicted molar refractivity (Wildman–Crippen MR) is 97.2 cm³/mol. The molecule has 2 aliphatic heterocycles. The van der Waals surface area contributed by atoms with Crippen LogP contribution in [0.4, 0.5) is 0 Å². The zero-order chi connectivity index (χ0) is 18.9. The van der Waals surface area contributed by atoms with E-state index in [0.29, 0.717) is 17.9 Å².